The largest absolute Gasteiger partial charge is 0.383 e. The minimum atomic E-state index is 0.194. The molecule has 17 heavy (non-hydrogen) atoms. The van der Waals surface area contributed by atoms with Crippen molar-refractivity contribution in [2.45, 2.75) is 39.7 Å². The third-order valence-corrected chi connectivity index (χ3v) is 2.77. The van der Waals surface area contributed by atoms with Crippen molar-refractivity contribution in [1.29, 1.82) is 0 Å². The molecule has 0 spiro atoms. The van der Waals surface area contributed by atoms with Gasteiger partial charge in [-0.15, -0.1) is 0 Å². The number of nitrogens with zero attached hydrogens (tertiary/aromatic N) is 2. The lowest BCUT2D eigenvalue weighted by atomic mass is 10.2. The van der Waals surface area contributed by atoms with Crippen LogP contribution in [0, 0.1) is 6.92 Å². The SMILES string of the molecule is CCCc1nc(Cl)c(C)c(NC(C)COC)n1. The number of aromatic nitrogens is 2. The lowest BCUT2D eigenvalue weighted by Gasteiger charge is -2.16. The van der Waals surface area contributed by atoms with Gasteiger partial charge < -0.3 is 10.1 Å². The van der Waals surface area contributed by atoms with Gasteiger partial charge in [0, 0.05) is 25.1 Å². The lowest BCUT2D eigenvalue weighted by molar-refractivity contribution is 0.190. The Bertz CT molecular complexity index is 371. The second-order valence-electron chi connectivity index (χ2n) is 4.15. The van der Waals surface area contributed by atoms with E-state index in [0.29, 0.717) is 11.8 Å². The first-order valence-corrected chi connectivity index (χ1v) is 6.24. The fraction of sp³-hybridized carbons (Fsp3) is 0.667. The van der Waals surface area contributed by atoms with E-state index in [2.05, 4.69) is 22.2 Å². The molecule has 1 N–H and O–H groups in total. The number of hydrogen-bond donors (Lipinski definition) is 1. The van der Waals surface area contributed by atoms with Crippen LogP contribution in [-0.4, -0.2) is 29.7 Å². The van der Waals surface area contributed by atoms with Crippen LogP contribution < -0.4 is 5.32 Å². The molecule has 1 rings (SSSR count). The van der Waals surface area contributed by atoms with Gasteiger partial charge in [0.05, 0.1) is 6.61 Å². The normalized spacial score (nSPS) is 12.5. The molecule has 1 unspecified atom stereocenters. The van der Waals surface area contributed by atoms with Gasteiger partial charge in [-0.2, -0.15) is 0 Å². The van der Waals surface area contributed by atoms with Crippen molar-refractivity contribution in [3.63, 3.8) is 0 Å². The Balaban J connectivity index is 2.88. The van der Waals surface area contributed by atoms with Crippen LogP contribution in [0.3, 0.4) is 0 Å². The molecule has 0 aliphatic carbocycles. The highest BCUT2D eigenvalue weighted by Crippen LogP contribution is 2.20. The van der Waals surface area contributed by atoms with Crippen molar-refractivity contribution < 1.29 is 4.74 Å². The molecular formula is C12H20ClN3O. The molecule has 0 fully saturated rings. The van der Waals surface area contributed by atoms with Gasteiger partial charge in [0.1, 0.15) is 16.8 Å². The van der Waals surface area contributed by atoms with Crippen molar-refractivity contribution in [3.8, 4) is 0 Å². The second-order valence-corrected chi connectivity index (χ2v) is 4.51. The Labute approximate surface area is 108 Å². The molecule has 1 aromatic rings. The maximum atomic E-state index is 6.09. The predicted octanol–water partition coefficient (Wildman–Crippen LogP) is 2.84. The standard InChI is InChI=1S/C12H20ClN3O/c1-5-6-10-15-11(13)9(3)12(16-10)14-8(2)7-17-4/h8H,5-7H2,1-4H3,(H,14,15,16). The molecule has 0 aliphatic heterocycles. The third-order valence-electron chi connectivity index (χ3n) is 2.41. The van der Waals surface area contributed by atoms with Crippen molar-refractivity contribution in [1.82, 2.24) is 9.97 Å². The number of aryl methyl sites for hydroxylation is 1. The van der Waals surface area contributed by atoms with E-state index in [4.69, 9.17) is 16.3 Å². The molecule has 0 saturated heterocycles. The molecule has 1 aromatic heterocycles. The maximum Gasteiger partial charge on any atom is 0.137 e. The molecule has 0 aliphatic rings. The number of hydrogen-bond acceptors (Lipinski definition) is 4. The zero-order valence-corrected chi connectivity index (χ0v) is 11.6. The minimum Gasteiger partial charge on any atom is -0.383 e. The molecule has 0 aromatic carbocycles. The van der Waals surface area contributed by atoms with E-state index in [1.807, 2.05) is 13.8 Å². The first-order chi connectivity index (χ1) is 8.08. The fourth-order valence-electron chi connectivity index (χ4n) is 1.53. The summed E-state index contributed by atoms with van der Waals surface area (Å²) in [4.78, 5) is 8.74. The Kier molecular flexibility index (Phi) is 5.65. The van der Waals surface area contributed by atoms with E-state index in [9.17, 15) is 0 Å². The average Bonchev–Trinajstić information content (AvgIpc) is 2.26. The molecule has 4 nitrogen and oxygen atoms in total. The molecule has 96 valence electrons. The van der Waals surface area contributed by atoms with Crippen LogP contribution in [0.5, 0.6) is 0 Å². The molecular weight excluding hydrogens is 238 g/mol. The quantitative estimate of drug-likeness (QED) is 0.796. The lowest BCUT2D eigenvalue weighted by Crippen LogP contribution is -2.22. The van der Waals surface area contributed by atoms with E-state index in [1.165, 1.54) is 0 Å². The van der Waals surface area contributed by atoms with Gasteiger partial charge >= 0.3 is 0 Å². The number of halogens is 1. The van der Waals surface area contributed by atoms with E-state index >= 15 is 0 Å². The fourth-order valence-corrected chi connectivity index (χ4v) is 1.72. The summed E-state index contributed by atoms with van der Waals surface area (Å²) >= 11 is 6.09. The zero-order valence-electron chi connectivity index (χ0n) is 10.9. The Morgan fingerprint density at radius 1 is 1.41 bits per heavy atom. The highest BCUT2D eigenvalue weighted by atomic mass is 35.5. The summed E-state index contributed by atoms with van der Waals surface area (Å²) < 4.78 is 5.08. The minimum absolute atomic E-state index is 0.194. The molecule has 1 atom stereocenters. The first-order valence-electron chi connectivity index (χ1n) is 5.87. The highest BCUT2D eigenvalue weighted by Gasteiger charge is 2.11. The van der Waals surface area contributed by atoms with Crippen molar-refractivity contribution in [3.05, 3.63) is 16.5 Å². The number of methoxy groups -OCH3 is 1. The summed E-state index contributed by atoms with van der Waals surface area (Å²) in [7, 11) is 1.68. The van der Waals surface area contributed by atoms with Crippen LogP contribution in [0.25, 0.3) is 0 Å². The number of rotatable bonds is 6. The molecule has 0 saturated carbocycles. The van der Waals surface area contributed by atoms with Gasteiger partial charge in [-0.1, -0.05) is 18.5 Å². The predicted molar refractivity (Wildman–Crippen MR) is 70.7 cm³/mol. The summed E-state index contributed by atoms with van der Waals surface area (Å²) in [5.41, 5.74) is 0.884. The van der Waals surface area contributed by atoms with Gasteiger partial charge in [0.2, 0.25) is 0 Å². The third kappa shape index (κ3) is 4.13. The second kappa shape index (κ2) is 6.77. The van der Waals surface area contributed by atoms with Gasteiger partial charge in [-0.3, -0.25) is 0 Å². The maximum absolute atomic E-state index is 6.09. The molecule has 0 radical (unpaired) electrons. The van der Waals surface area contributed by atoms with Crippen molar-refractivity contribution in [2.24, 2.45) is 0 Å². The summed E-state index contributed by atoms with van der Waals surface area (Å²) in [5, 5.41) is 3.81. The summed E-state index contributed by atoms with van der Waals surface area (Å²) in [5.74, 6) is 1.59. The van der Waals surface area contributed by atoms with Crippen molar-refractivity contribution in [2.75, 3.05) is 19.0 Å². The van der Waals surface area contributed by atoms with Crippen LogP contribution in [0.15, 0.2) is 0 Å². The molecule has 5 heteroatoms. The topological polar surface area (TPSA) is 47.0 Å². The number of ether oxygens (including phenoxy) is 1. The van der Waals surface area contributed by atoms with Crippen LogP contribution in [0.4, 0.5) is 5.82 Å². The van der Waals surface area contributed by atoms with E-state index < -0.39 is 0 Å². The molecule has 1 heterocycles. The highest BCUT2D eigenvalue weighted by molar-refractivity contribution is 6.30. The molecule has 0 amide bonds. The molecule has 0 bridgehead atoms. The van der Waals surface area contributed by atoms with Crippen LogP contribution in [0.2, 0.25) is 5.15 Å². The summed E-state index contributed by atoms with van der Waals surface area (Å²) in [6.45, 7) is 6.68. The van der Waals surface area contributed by atoms with Crippen LogP contribution >= 0.6 is 11.6 Å². The monoisotopic (exact) mass is 257 g/mol. The van der Waals surface area contributed by atoms with Crippen LogP contribution in [0.1, 0.15) is 31.7 Å². The zero-order chi connectivity index (χ0) is 12.8. The van der Waals surface area contributed by atoms with Gasteiger partial charge in [0.25, 0.3) is 0 Å². The Morgan fingerprint density at radius 2 is 2.12 bits per heavy atom. The van der Waals surface area contributed by atoms with Crippen LogP contribution in [-0.2, 0) is 11.2 Å². The number of anilines is 1. The van der Waals surface area contributed by atoms with Gasteiger partial charge in [-0.05, 0) is 20.3 Å². The first kappa shape index (κ1) is 14.2. The van der Waals surface area contributed by atoms with Gasteiger partial charge in [-0.25, -0.2) is 9.97 Å². The van der Waals surface area contributed by atoms with Crippen molar-refractivity contribution >= 4 is 17.4 Å². The van der Waals surface area contributed by atoms with E-state index in [0.717, 1.165) is 30.0 Å². The smallest absolute Gasteiger partial charge is 0.137 e. The summed E-state index contributed by atoms with van der Waals surface area (Å²) in [6.07, 6.45) is 1.85. The number of nitrogens with one attached hydrogen (secondary N) is 1. The Hall–Kier alpha value is -0.870. The summed E-state index contributed by atoms with van der Waals surface area (Å²) in [6, 6.07) is 0.194. The Morgan fingerprint density at radius 3 is 2.71 bits per heavy atom. The van der Waals surface area contributed by atoms with Gasteiger partial charge in [0.15, 0.2) is 0 Å². The van der Waals surface area contributed by atoms with E-state index in [-0.39, 0.29) is 6.04 Å². The average molecular weight is 258 g/mol. The van der Waals surface area contributed by atoms with E-state index in [1.54, 1.807) is 7.11 Å².